The van der Waals surface area contributed by atoms with Crippen LogP contribution in [0.4, 0.5) is 5.69 Å². The minimum Gasteiger partial charge on any atom is -0.393 e. The normalized spacial score (nSPS) is 10.5. The fraction of sp³-hybridized carbons (Fsp3) is 0. The van der Waals surface area contributed by atoms with Crippen LogP contribution in [-0.4, -0.2) is 9.38 Å². The molecule has 0 fully saturated rings. The second-order valence-electron chi connectivity index (χ2n) is 2.59. The lowest BCUT2D eigenvalue weighted by Crippen LogP contribution is -2.17. The van der Waals surface area contributed by atoms with E-state index in [1.165, 1.54) is 10.6 Å². The van der Waals surface area contributed by atoms with Crippen LogP contribution in [0.5, 0.6) is 0 Å². The van der Waals surface area contributed by atoms with Gasteiger partial charge in [0, 0.05) is 10.7 Å². The maximum absolute atomic E-state index is 11.4. The number of rotatable bonds is 0. The average molecular weight is 240 g/mol. The van der Waals surface area contributed by atoms with Gasteiger partial charge in [-0.1, -0.05) is 15.9 Å². The molecule has 0 unspecified atom stereocenters. The van der Waals surface area contributed by atoms with Gasteiger partial charge in [-0.15, -0.1) is 0 Å². The molecule has 0 spiro atoms. The van der Waals surface area contributed by atoms with Crippen LogP contribution < -0.4 is 11.3 Å². The van der Waals surface area contributed by atoms with E-state index in [4.69, 9.17) is 5.73 Å². The molecular formula is C8H6BrN3O. The van der Waals surface area contributed by atoms with Gasteiger partial charge in [0.05, 0.1) is 6.20 Å². The topological polar surface area (TPSA) is 60.4 Å². The van der Waals surface area contributed by atoms with Crippen molar-refractivity contribution in [1.29, 1.82) is 0 Å². The Morgan fingerprint density at radius 1 is 1.54 bits per heavy atom. The highest BCUT2D eigenvalue weighted by atomic mass is 79.9. The molecule has 0 amide bonds. The second-order valence-corrected chi connectivity index (χ2v) is 3.51. The molecule has 0 atom stereocenters. The molecule has 2 N–H and O–H groups in total. The molecule has 2 aromatic heterocycles. The zero-order chi connectivity index (χ0) is 9.42. The van der Waals surface area contributed by atoms with Crippen LogP contribution in [0, 0.1) is 0 Å². The Bertz CT molecular complexity index is 520. The van der Waals surface area contributed by atoms with E-state index in [1.807, 2.05) is 0 Å². The summed E-state index contributed by atoms with van der Waals surface area (Å²) in [6.45, 7) is 0. The number of pyridine rings is 1. The molecular weight excluding hydrogens is 234 g/mol. The van der Waals surface area contributed by atoms with Crippen molar-refractivity contribution < 1.29 is 0 Å². The van der Waals surface area contributed by atoms with Gasteiger partial charge in [0.1, 0.15) is 11.3 Å². The molecule has 2 aromatic rings. The predicted octanol–water partition coefficient (Wildman–Crippen LogP) is 1.04. The molecule has 0 saturated heterocycles. The van der Waals surface area contributed by atoms with E-state index in [9.17, 15) is 4.79 Å². The zero-order valence-corrected chi connectivity index (χ0v) is 8.15. The number of nitrogen functional groups attached to an aromatic ring is 1. The highest BCUT2D eigenvalue weighted by Crippen LogP contribution is 2.10. The molecule has 5 heteroatoms. The molecule has 0 aliphatic rings. The molecule has 2 heterocycles. The number of fused-ring (bicyclic) bond motifs is 1. The van der Waals surface area contributed by atoms with Gasteiger partial charge in [0.2, 0.25) is 0 Å². The molecule has 2 rings (SSSR count). The first kappa shape index (κ1) is 8.25. The van der Waals surface area contributed by atoms with Gasteiger partial charge in [-0.2, -0.15) is 0 Å². The minimum atomic E-state index is -0.238. The smallest absolute Gasteiger partial charge is 0.280 e. The van der Waals surface area contributed by atoms with Crippen molar-refractivity contribution in [3.63, 3.8) is 0 Å². The third-order valence-electron chi connectivity index (χ3n) is 1.70. The van der Waals surface area contributed by atoms with Crippen molar-refractivity contribution in [2.75, 3.05) is 5.73 Å². The summed E-state index contributed by atoms with van der Waals surface area (Å²) in [6, 6.07) is 3.51. The Labute approximate surface area is 82.1 Å². The Morgan fingerprint density at radius 3 is 3.08 bits per heavy atom. The summed E-state index contributed by atoms with van der Waals surface area (Å²) < 4.78 is 2.28. The molecule has 66 valence electrons. The van der Waals surface area contributed by atoms with Crippen molar-refractivity contribution in [3.8, 4) is 0 Å². The molecule has 13 heavy (non-hydrogen) atoms. The van der Waals surface area contributed by atoms with E-state index in [0.717, 1.165) is 4.47 Å². The Kier molecular flexibility index (Phi) is 1.81. The van der Waals surface area contributed by atoms with E-state index in [0.29, 0.717) is 5.65 Å². The highest BCUT2D eigenvalue weighted by molar-refractivity contribution is 9.10. The van der Waals surface area contributed by atoms with Crippen LogP contribution >= 0.6 is 15.9 Å². The lowest BCUT2D eigenvalue weighted by molar-refractivity contribution is 1.05. The van der Waals surface area contributed by atoms with Crippen LogP contribution in [0.3, 0.4) is 0 Å². The Balaban J connectivity index is 2.95. The largest absolute Gasteiger partial charge is 0.393 e. The van der Waals surface area contributed by atoms with Gasteiger partial charge in [-0.3, -0.25) is 9.20 Å². The summed E-state index contributed by atoms with van der Waals surface area (Å²) >= 11 is 3.29. The number of halogens is 1. The number of hydrogen-bond donors (Lipinski definition) is 1. The average Bonchev–Trinajstić information content (AvgIpc) is 2.12. The van der Waals surface area contributed by atoms with Gasteiger partial charge in [-0.05, 0) is 12.1 Å². The van der Waals surface area contributed by atoms with Gasteiger partial charge in [-0.25, -0.2) is 4.98 Å². The van der Waals surface area contributed by atoms with Gasteiger partial charge < -0.3 is 5.73 Å². The Morgan fingerprint density at radius 2 is 2.31 bits per heavy atom. The summed E-state index contributed by atoms with van der Waals surface area (Å²) in [4.78, 5) is 15.4. The number of aromatic nitrogens is 2. The van der Waals surface area contributed by atoms with E-state index in [1.54, 1.807) is 18.3 Å². The van der Waals surface area contributed by atoms with Gasteiger partial charge >= 0.3 is 0 Å². The van der Waals surface area contributed by atoms with Crippen LogP contribution in [0.15, 0.2) is 33.8 Å². The number of hydrogen-bond acceptors (Lipinski definition) is 3. The summed E-state index contributed by atoms with van der Waals surface area (Å²) in [7, 11) is 0. The highest BCUT2D eigenvalue weighted by Gasteiger charge is 2.00. The molecule has 0 aliphatic heterocycles. The van der Waals surface area contributed by atoms with Crippen molar-refractivity contribution in [2.45, 2.75) is 0 Å². The van der Waals surface area contributed by atoms with E-state index < -0.39 is 0 Å². The van der Waals surface area contributed by atoms with Crippen molar-refractivity contribution >= 4 is 27.3 Å². The fourth-order valence-electron chi connectivity index (χ4n) is 1.06. The maximum atomic E-state index is 11.4. The first-order valence-corrected chi connectivity index (χ1v) is 4.40. The van der Waals surface area contributed by atoms with E-state index in [-0.39, 0.29) is 11.2 Å². The van der Waals surface area contributed by atoms with Crippen LogP contribution in [0.25, 0.3) is 5.65 Å². The molecule has 0 aromatic carbocycles. The molecule has 0 radical (unpaired) electrons. The standard InChI is InChI=1S/C8H6BrN3O/c9-5-1-2-12-7(3-5)11-4-6(10)8(12)13/h1-4H,10H2. The molecule has 0 bridgehead atoms. The van der Waals surface area contributed by atoms with E-state index in [2.05, 4.69) is 20.9 Å². The fourth-order valence-corrected chi connectivity index (χ4v) is 1.39. The first-order valence-electron chi connectivity index (χ1n) is 3.61. The third kappa shape index (κ3) is 1.31. The lowest BCUT2D eigenvalue weighted by atomic mass is 10.4. The van der Waals surface area contributed by atoms with Gasteiger partial charge in [0.15, 0.2) is 0 Å². The quantitative estimate of drug-likeness (QED) is 0.748. The van der Waals surface area contributed by atoms with Crippen molar-refractivity contribution in [2.24, 2.45) is 0 Å². The number of nitrogens with zero attached hydrogens (tertiary/aromatic N) is 2. The lowest BCUT2D eigenvalue weighted by Gasteiger charge is -2.00. The van der Waals surface area contributed by atoms with Crippen LogP contribution in [-0.2, 0) is 0 Å². The van der Waals surface area contributed by atoms with Crippen molar-refractivity contribution in [1.82, 2.24) is 9.38 Å². The van der Waals surface area contributed by atoms with Crippen LogP contribution in [0.1, 0.15) is 0 Å². The Hall–Kier alpha value is -1.36. The summed E-state index contributed by atoms with van der Waals surface area (Å²) in [5.41, 5.74) is 5.91. The molecule has 0 saturated carbocycles. The second kappa shape index (κ2) is 2.85. The summed E-state index contributed by atoms with van der Waals surface area (Å²) in [6.07, 6.45) is 3.00. The number of nitrogens with two attached hydrogens (primary N) is 1. The maximum Gasteiger partial charge on any atom is 0.280 e. The van der Waals surface area contributed by atoms with Gasteiger partial charge in [0.25, 0.3) is 5.56 Å². The minimum absolute atomic E-state index is 0.153. The zero-order valence-electron chi connectivity index (χ0n) is 6.57. The monoisotopic (exact) mass is 239 g/mol. The summed E-state index contributed by atoms with van der Waals surface area (Å²) in [5, 5.41) is 0. The summed E-state index contributed by atoms with van der Waals surface area (Å²) in [5.74, 6) is 0. The van der Waals surface area contributed by atoms with Crippen LogP contribution in [0.2, 0.25) is 0 Å². The van der Waals surface area contributed by atoms with Crippen molar-refractivity contribution in [3.05, 3.63) is 39.4 Å². The third-order valence-corrected chi connectivity index (χ3v) is 2.19. The number of anilines is 1. The SMILES string of the molecule is Nc1cnc2cc(Br)ccn2c1=O. The predicted molar refractivity (Wildman–Crippen MR) is 53.6 cm³/mol. The van der Waals surface area contributed by atoms with E-state index >= 15 is 0 Å². The first-order chi connectivity index (χ1) is 6.18. The molecule has 0 aliphatic carbocycles. The molecule has 4 nitrogen and oxygen atoms in total.